The van der Waals surface area contributed by atoms with Crippen LogP contribution in [0.5, 0.6) is 5.75 Å². The van der Waals surface area contributed by atoms with E-state index < -0.39 is 0 Å². The Morgan fingerprint density at radius 3 is 3.19 bits per heavy atom. The molecule has 3 heteroatoms. The van der Waals surface area contributed by atoms with Crippen molar-refractivity contribution in [3.05, 3.63) is 29.8 Å². The summed E-state index contributed by atoms with van der Waals surface area (Å²) in [5.74, 6) is 0.968. The largest absolute Gasteiger partial charge is 0.493 e. The predicted octanol–water partition coefficient (Wildman–Crippen LogP) is 2.40. The summed E-state index contributed by atoms with van der Waals surface area (Å²) in [5.41, 5.74) is 1.21. The van der Waals surface area contributed by atoms with E-state index in [0.29, 0.717) is 12.5 Å². The second kappa shape index (κ2) is 5.00. The summed E-state index contributed by atoms with van der Waals surface area (Å²) in [5, 5.41) is 12.1. The van der Waals surface area contributed by atoms with E-state index in [0.717, 1.165) is 18.8 Å². The molecule has 2 rings (SSSR count). The predicted molar refractivity (Wildman–Crippen MR) is 62.1 cm³/mol. The second-order valence-electron chi connectivity index (χ2n) is 4.16. The van der Waals surface area contributed by atoms with Gasteiger partial charge in [-0.3, -0.25) is 0 Å². The number of nitriles is 1. The molecule has 3 nitrogen and oxygen atoms in total. The minimum atomic E-state index is 0.223. The molecule has 0 aliphatic carbocycles. The maximum atomic E-state index is 8.65. The van der Waals surface area contributed by atoms with Crippen molar-refractivity contribution in [3.63, 3.8) is 0 Å². The molecule has 0 bridgehead atoms. The van der Waals surface area contributed by atoms with Gasteiger partial charge in [0.2, 0.25) is 0 Å². The number of nitrogens with zero attached hydrogens (tertiary/aromatic N) is 1. The lowest BCUT2D eigenvalue weighted by molar-refractivity contribution is 0.246. The quantitative estimate of drug-likeness (QED) is 0.843. The van der Waals surface area contributed by atoms with Crippen molar-refractivity contribution in [1.82, 2.24) is 5.32 Å². The molecule has 0 unspecified atom stereocenters. The molecule has 84 valence electrons. The van der Waals surface area contributed by atoms with Crippen LogP contribution < -0.4 is 10.1 Å². The highest BCUT2D eigenvalue weighted by molar-refractivity contribution is 5.37. The van der Waals surface area contributed by atoms with Gasteiger partial charge in [0.15, 0.2) is 0 Å². The molecular weight excluding hydrogens is 200 g/mol. The van der Waals surface area contributed by atoms with Gasteiger partial charge in [0.05, 0.1) is 19.1 Å². The summed E-state index contributed by atoms with van der Waals surface area (Å²) in [6.45, 7) is 2.79. The van der Waals surface area contributed by atoms with Gasteiger partial charge in [-0.05, 0) is 13.0 Å². The van der Waals surface area contributed by atoms with Crippen LogP contribution in [0, 0.1) is 11.3 Å². The zero-order chi connectivity index (χ0) is 11.4. The van der Waals surface area contributed by atoms with Crippen LogP contribution in [0.1, 0.15) is 31.4 Å². The molecular formula is C13H16N2O. The van der Waals surface area contributed by atoms with Gasteiger partial charge < -0.3 is 10.1 Å². The Bertz CT molecular complexity index is 397. The summed E-state index contributed by atoms with van der Waals surface area (Å²) in [6, 6.07) is 10.8. The fourth-order valence-corrected chi connectivity index (χ4v) is 2.05. The van der Waals surface area contributed by atoms with Gasteiger partial charge in [0.25, 0.3) is 0 Å². The maximum Gasteiger partial charge on any atom is 0.124 e. The molecule has 2 atom stereocenters. The Hall–Kier alpha value is -1.53. The van der Waals surface area contributed by atoms with Crippen LogP contribution in [0.4, 0.5) is 0 Å². The van der Waals surface area contributed by atoms with E-state index in [4.69, 9.17) is 10.00 Å². The fourth-order valence-electron chi connectivity index (χ4n) is 2.05. The third kappa shape index (κ3) is 2.34. The number of benzene rings is 1. The first-order valence-corrected chi connectivity index (χ1v) is 5.66. The number of hydrogen-bond acceptors (Lipinski definition) is 3. The molecule has 1 aromatic rings. The van der Waals surface area contributed by atoms with Gasteiger partial charge in [-0.15, -0.1) is 0 Å². The normalized spacial score (nSPS) is 20.4. The zero-order valence-corrected chi connectivity index (χ0v) is 9.44. The van der Waals surface area contributed by atoms with Crippen LogP contribution in [0.3, 0.4) is 0 Å². The summed E-state index contributed by atoms with van der Waals surface area (Å²) in [4.78, 5) is 0. The van der Waals surface area contributed by atoms with Crippen LogP contribution in [-0.2, 0) is 0 Å². The van der Waals surface area contributed by atoms with E-state index in [1.807, 2.05) is 25.1 Å². The smallest absolute Gasteiger partial charge is 0.124 e. The lowest BCUT2D eigenvalue weighted by atomic mass is 9.99. The molecule has 0 saturated carbocycles. The first-order chi connectivity index (χ1) is 7.81. The fraction of sp³-hybridized carbons (Fsp3) is 0.462. The molecule has 0 fully saturated rings. The highest BCUT2D eigenvalue weighted by Crippen LogP contribution is 2.31. The molecule has 1 N–H and O–H groups in total. The molecule has 0 aromatic heterocycles. The molecule has 0 saturated heterocycles. The Kier molecular flexibility index (Phi) is 3.43. The third-order valence-corrected chi connectivity index (χ3v) is 2.84. The molecule has 0 spiro atoms. The monoisotopic (exact) mass is 216 g/mol. The maximum absolute atomic E-state index is 8.65. The molecule has 1 aromatic carbocycles. The van der Waals surface area contributed by atoms with Crippen molar-refractivity contribution >= 4 is 0 Å². The van der Waals surface area contributed by atoms with E-state index in [2.05, 4.69) is 17.5 Å². The minimum Gasteiger partial charge on any atom is -0.493 e. The van der Waals surface area contributed by atoms with Gasteiger partial charge in [-0.25, -0.2) is 0 Å². The number of para-hydroxylation sites is 1. The van der Waals surface area contributed by atoms with E-state index in [1.54, 1.807) is 0 Å². The number of rotatable bonds is 3. The van der Waals surface area contributed by atoms with Crippen molar-refractivity contribution in [2.24, 2.45) is 0 Å². The molecule has 0 radical (unpaired) electrons. The first kappa shape index (κ1) is 11.0. The highest BCUT2D eigenvalue weighted by Gasteiger charge is 2.21. The van der Waals surface area contributed by atoms with Gasteiger partial charge in [-0.1, -0.05) is 18.2 Å². The average molecular weight is 216 g/mol. The zero-order valence-electron chi connectivity index (χ0n) is 9.44. The van der Waals surface area contributed by atoms with Crippen LogP contribution in [0.25, 0.3) is 0 Å². The van der Waals surface area contributed by atoms with Gasteiger partial charge in [0.1, 0.15) is 5.75 Å². The number of nitrogens with one attached hydrogen (secondary N) is 1. The third-order valence-electron chi connectivity index (χ3n) is 2.84. The minimum absolute atomic E-state index is 0.223. The molecule has 16 heavy (non-hydrogen) atoms. The average Bonchev–Trinajstić information content (AvgIpc) is 2.30. The van der Waals surface area contributed by atoms with Crippen molar-refractivity contribution in [3.8, 4) is 11.8 Å². The van der Waals surface area contributed by atoms with Crippen LogP contribution >= 0.6 is 0 Å². The molecule has 1 heterocycles. The molecule has 1 aliphatic heterocycles. The summed E-state index contributed by atoms with van der Waals surface area (Å²) < 4.78 is 5.59. The summed E-state index contributed by atoms with van der Waals surface area (Å²) in [7, 11) is 0. The lowest BCUT2D eigenvalue weighted by Crippen LogP contribution is -2.33. The van der Waals surface area contributed by atoms with Crippen molar-refractivity contribution in [1.29, 1.82) is 5.26 Å². The van der Waals surface area contributed by atoms with Crippen molar-refractivity contribution in [2.75, 3.05) is 6.61 Å². The van der Waals surface area contributed by atoms with Crippen molar-refractivity contribution in [2.45, 2.75) is 31.8 Å². The Morgan fingerprint density at radius 2 is 2.38 bits per heavy atom. The van der Waals surface area contributed by atoms with Gasteiger partial charge >= 0.3 is 0 Å². The van der Waals surface area contributed by atoms with E-state index in [9.17, 15) is 0 Å². The Labute approximate surface area is 96.0 Å². The topological polar surface area (TPSA) is 45.0 Å². The SMILES string of the molecule is C[C@@H](CC#N)N[C@@H]1CCOc2ccccc21. The van der Waals surface area contributed by atoms with Crippen LogP contribution in [-0.4, -0.2) is 12.6 Å². The Balaban J connectivity index is 2.10. The van der Waals surface area contributed by atoms with Crippen LogP contribution in [0.2, 0.25) is 0 Å². The summed E-state index contributed by atoms with van der Waals surface area (Å²) >= 11 is 0. The number of ether oxygens (including phenoxy) is 1. The van der Waals surface area contributed by atoms with E-state index >= 15 is 0 Å². The van der Waals surface area contributed by atoms with Gasteiger partial charge in [0, 0.05) is 24.1 Å². The molecule has 0 amide bonds. The van der Waals surface area contributed by atoms with E-state index in [1.165, 1.54) is 5.56 Å². The second-order valence-corrected chi connectivity index (χ2v) is 4.16. The van der Waals surface area contributed by atoms with Crippen LogP contribution in [0.15, 0.2) is 24.3 Å². The van der Waals surface area contributed by atoms with Gasteiger partial charge in [-0.2, -0.15) is 5.26 Å². The lowest BCUT2D eigenvalue weighted by Gasteiger charge is -2.28. The number of fused-ring (bicyclic) bond motifs is 1. The standard InChI is InChI=1S/C13H16N2O/c1-10(6-8-14)15-12-7-9-16-13-5-3-2-4-11(12)13/h2-5,10,12,15H,6-7,9H2,1H3/t10-,12+/m0/s1. The Morgan fingerprint density at radius 1 is 1.56 bits per heavy atom. The number of hydrogen-bond donors (Lipinski definition) is 1. The highest BCUT2D eigenvalue weighted by atomic mass is 16.5. The summed E-state index contributed by atoms with van der Waals surface area (Å²) in [6.07, 6.45) is 1.51. The molecule has 1 aliphatic rings. The van der Waals surface area contributed by atoms with E-state index in [-0.39, 0.29) is 6.04 Å². The van der Waals surface area contributed by atoms with Crippen molar-refractivity contribution < 1.29 is 4.74 Å². The first-order valence-electron chi connectivity index (χ1n) is 5.66.